The molecule has 1 aliphatic heterocycles. The average Bonchev–Trinajstić information content (AvgIpc) is 2.49. The topological polar surface area (TPSA) is 72.9 Å². The first-order chi connectivity index (χ1) is 10.9. The molecule has 1 saturated heterocycles. The number of esters is 2. The normalized spacial score (nSPS) is 20.8. The van der Waals surface area contributed by atoms with Crippen molar-refractivity contribution in [3.05, 3.63) is 0 Å². The van der Waals surface area contributed by atoms with Crippen LogP contribution in [0, 0.1) is 17.8 Å². The number of hydrogen-bond donors (Lipinski definition) is 0. The zero-order valence-electron chi connectivity index (χ0n) is 14.2. The molecule has 0 aromatic carbocycles. The number of likely N-dealkylation sites (tertiary alicyclic amines) is 1. The molecule has 2 aliphatic rings. The van der Waals surface area contributed by atoms with Crippen LogP contribution in [0.5, 0.6) is 0 Å². The van der Waals surface area contributed by atoms with Gasteiger partial charge in [0.05, 0.1) is 18.9 Å². The van der Waals surface area contributed by atoms with E-state index < -0.39 is 6.10 Å². The van der Waals surface area contributed by atoms with Gasteiger partial charge in [-0.1, -0.05) is 20.3 Å². The largest absolute Gasteiger partial charge is 0.469 e. The summed E-state index contributed by atoms with van der Waals surface area (Å²) in [4.78, 5) is 38.0. The Hall–Kier alpha value is -1.59. The Bertz CT molecular complexity index is 450. The van der Waals surface area contributed by atoms with Gasteiger partial charge >= 0.3 is 11.9 Å². The van der Waals surface area contributed by atoms with Crippen LogP contribution < -0.4 is 0 Å². The molecule has 130 valence electrons. The molecule has 1 amide bonds. The van der Waals surface area contributed by atoms with Crippen molar-refractivity contribution >= 4 is 17.8 Å². The zero-order valence-corrected chi connectivity index (χ0v) is 14.2. The van der Waals surface area contributed by atoms with Gasteiger partial charge in [-0.05, 0) is 31.6 Å². The van der Waals surface area contributed by atoms with Crippen molar-refractivity contribution in [3.8, 4) is 0 Å². The van der Waals surface area contributed by atoms with Crippen LogP contribution in [0.3, 0.4) is 0 Å². The summed E-state index contributed by atoms with van der Waals surface area (Å²) in [5.41, 5.74) is 0. The van der Waals surface area contributed by atoms with Crippen LogP contribution in [0.4, 0.5) is 0 Å². The van der Waals surface area contributed by atoms with E-state index in [1.807, 2.05) is 13.8 Å². The number of piperidine rings is 1. The van der Waals surface area contributed by atoms with E-state index in [1.54, 1.807) is 4.90 Å². The summed E-state index contributed by atoms with van der Waals surface area (Å²) < 4.78 is 10.3. The minimum Gasteiger partial charge on any atom is -0.469 e. The number of nitrogens with zero attached hydrogens (tertiary/aromatic N) is 1. The molecule has 2 fully saturated rings. The van der Waals surface area contributed by atoms with Crippen LogP contribution in [0.1, 0.15) is 46.0 Å². The highest BCUT2D eigenvalue weighted by molar-refractivity contribution is 5.85. The Balaban J connectivity index is 1.90. The molecule has 0 aromatic rings. The van der Waals surface area contributed by atoms with Gasteiger partial charge in [-0.15, -0.1) is 0 Å². The molecule has 0 aromatic heterocycles. The molecule has 0 bridgehead atoms. The maximum atomic E-state index is 12.7. The van der Waals surface area contributed by atoms with E-state index >= 15 is 0 Å². The van der Waals surface area contributed by atoms with Crippen LogP contribution in [-0.2, 0) is 23.9 Å². The first-order valence-corrected chi connectivity index (χ1v) is 8.51. The van der Waals surface area contributed by atoms with E-state index in [0.717, 1.165) is 19.3 Å². The van der Waals surface area contributed by atoms with Gasteiger partial charge in [-0.3, -0.25) is 14.4 Å². The van der Waals surface area contributed by atoms with Crippen molar-refractivity contribution in [2.24, 2.45) is 17.8 Å². The predicted molar refractivity (Wildman–Crippen MR) is 83.4 cm³/mol. The third-order valence-electron chi connectivity index (χ3n) is 4.87. The van der Waals surface area contributed by atoms with Gasteiger partial charge in [0.1, 0.15) is 0 Å². The van der Waals surface area contributed by atoms with E-state index in [9.17, 15) is 14.4 Å². The molecule has 0 unspecified atom stereocenters. The first-order valence-electron chi connectivity index (χ1n) is 8.51. The molecule has 1 aliphatic carbocycles. The average molecular weight is 325 g/mol. The molecule has 6 heteroatoms. The summed E-state index contributed by atoms with van der Waals surface area (Å²) >= 11 is 0. The van der Waals surface area contributed by atoms with Gasteiger partial charge in [0, 0.05) is 13.1 Å². The smallest absolute Gasteiger partial charge is 0.309 e. The van der Waals surface area contributed by atoms with Crippen molar-refractivity contribution in [3.63, 3.8) is 0 Å². The van der Waals surface area contributed by atoms with Crippen LogP contribution in [0.2, 0.25) is 0 Å². The summed E-state index contributed by atoms with van der Waals surface area (Å²) in [6.45, 7) is 4.78. The second-order valence-corrected chi connectivity index (χ2v) is 6.85. The molecule has 1 atom stereocenters. The van der Waals surface area contributed by atoms with Crippen molar-refractivity contribution in [2.45, 2.75) is 52.1 Å². The van der Waals surface area contributed by atoms with Gasteiger partial charge in [0.25, 0.3) is 5.91 Å². The number of methoxy groups -OCH3 is 1. The van der Waals surface area contributed by atoms with Crippen molar-refractivity contribution in [1.29, 1.82) is 0 Å². The van der Waals surface area contributed by atoms with Gasteiger partial charge in [-0.25, -0.2) is 0 Å². The van der Waals surface area contributed by atoms with Gasteiger partial charge in [-0.2, -0.15) is 0 Å². The number of carbonyl (C=O) groups excluding carboxylic acids is 3. The first kappa shape index (κ1) is 17.8. The molecular weight excluding hydrogens is 298 g/mol. The lowest BCUT2D eigenvalue weighted by molar-refractivity contribution is -0.169. The number of ether oxygens (including phenoxy) is 2. The second-order valence-electron chi connectivity index (χ2n) is 6.85. The minimum absolute atomic E-state index is 0.0332. The van der Waals surface area contributed by atoms with Gasteiger partial charge < -0.3 is 14.4 Å². The highest BCUT2D eigenvalue weighted by atomic mass is 16.5. The quantitative estimate of drug-likeness (QED) is 0.720. The van der Waals surface area contributed by atoms with Crippen molar-refractivity contribution < 1.29 is 23.9 Å². The lowest BCUT2D eigenvalue weighted by atomic mass is 9.85. The monoisotopic (exact) mass is 325 g/mol. The maximum absolute atomic E-state index is 12.7. The van der Waals surface area contributed by atoms with E-state index in [1.165, 1.54) is 7.11 Å². The molecule has 1 saturated carbocycles. The van der Waals surface area contributed by atoms with E-state index in [4.69, 9.17) is 9.47 Å². The molecule has 2 rings (SSSR count). The SMILES string of the molecule is COC(=O)C1CCN(C(=O)[C@H](OC(=O)C2CCC2)C(C)C)CC1. The summed E-state index contributed by atoms with van der Waals surface area (Å²) in [7, 11) is 1.38. The van der Waals surface area contributed by atoms with Crippen molar-refractivity contribution in [2.75, 3.05) is 20.2 Å². The van der Waals surface area contributed by atoms with E-state index in [2.05, 4.69) is 0 Å². The fourth-order valence-electron chi connectivity index (χ4n) is 3.02. The highest BCUT2D eigenvalue weighted by Gasteiger charge is 2.36. The minimum atomic E-state index is -0.724. The number of amides is 1. The second kappa shape index (κ2) is 7.79. The van der Waals surface area contributed by atoms with Gasteiger partial charge in [0.15, 0.2) is 6.10 Å². The number of hydrogen-bond acceptors (Lipinski definition) is 5. The summed E-state index contributed by atoms with van der Waals surface area (Å²) in [5, 5.41) is 0. The van der Waals surface area contributed by atoms with E-state index in [0.29, 0.717) is 25.9 Å². The fourth-order valence-corrected chi connectivity index (χ4v) is 3.02. The van der Waals surface area contributed by atoms with Crippen molar-refractivity contribution in [1.82, 2.24) is 4.90 Å². The molecule has 6 nitrogen and oxygen atoms in total. The van der Waals surface area contributed by atoms with E-state index in [-0.39, 0.29) is 35.6 Å². The van der Waals surface area contributed by atoms with Crippen LogP contribution in [0.15, 0.2) is 0 Å². The van der Waals surface area contributed by atoms with Crippen LogP contribution in [-0.4, -0.2) is 49.0 Å². The van der Waals surface area contributed by atoms with Gasteiger partial charge in [0.2, 0.25) is 0 Å². The lowest BCUT2D eigenvalue weighted by Crippen LogP contribution is -2.48. The zero-order chi connectivity index (χ0) is 17.0. The number of rotatable bonds is 5. The Morgan fingerprint density at radius 2 is 1.52 bits per heavy atom. The highest BCUT2D eigenvalue weighted by Crippen LogP contribution is 2.29. The third kappa shape index (κ3) is 4.24. The molecule has 1 heterocycles. The van der Waals surface area contributed by atoms with Crippen LogP contribution >= 0.6 is 0 Å². The Labute approximate surface area is 137 Å². The summed E-state index contributed by atoms with van der Waals surface area (Å²) in [6.07, 6.45) is 3.25. The Kier molecular flexibility index (Phi) is 6.02. The maximum Gasteiger partial charge on any atom is 0.309 e. The molecular formula is C17H27NO5. The number of carbonyl (C=O) groups is 3. The summed E-state index contributed by atoms with van der Waals surface area (Å²) in [5.74, 6) is -0.837. The lowest BCUT2D eigenvalue weighted by Gasteiger charge is -2.35. The fraction of sp³-hybridized carbons (Fsp3) is 0.824. The van der Waals surface area contributed by atoms with Crippen LogP contribution in [0.25, 0.3) is 0 Å². The Morgan fingerprint density at radius 1 is 0.957 bits per heavy atom. The molecule has 0 spiro atoms. The Morgan fingerprint density at radius 3 is 1.96 bits per heavy atom. The molecule has 23 heavy (non-hydrogen) atoms. The predicted octanol–water partition coefficient (Wildman–Crippen LogP) is 1.77. The molecule has 0 radical (unpaired) electrons. The standard InChI is InChI=1S/C17H27NO5/c1-11(2)14(23-17(21)12-5-4-6-12)15(19)18-9-7-13(8-10-18)16(20)22-3/h11-14H,4-10H2,1-3H3/t14-/m1/s1. The summed E-state index contributed by atoms with van der Waals surface area (Å²) in [6, 6.07) is 0. The third-order valence-corrected chi connectivity index (χ3v) is 4.87. The molecule has 0 N–H and O–H groups in total.